The van der Waals surface area contributed by atoms with Gasteiger partial charge < -0.3 is 10.3 Å². The van der Waals surface area contributed by atoms with Gasteiger partial charge in [-0.3, -0.25) is 4.98 Å². The molecule has 0 aromatic heterocycles. The Labute approximate surface area is 101 Å². The van der Waals surface area contributed by atoms with Crippen molar-refractivity contribution < 1.29 is 0 Å². The van der Waals surface area contributed by atoms with Crippen molar-refractivity contribution in [1.29, 1.82) is 0 Å². The average Bonchev–Trinajstić information content (AvgIpc) is 2.75. The van der Waals surface area contributed by atoms with Gasteiger partial charge >= 0.3 is 0 Å². The lowest BCUT2D eigenvalue weighted by Gasteiger charge is -2.19. The van der Waals surface area contributed by atoms with Gasteiger partial charge in [0.25, 0.3) is 0 Å². The van der Waals surface area contributed by atoms with E-state index in [0.29, 0.717) is 6.04 Å². The van der Waals surface area contributed by atoms with Crippen LogP contribution in [0.5, 0.6) is 0 Å². The lowest BCUT2D eigenvalue weighted by Crippen LogP contribution is -2.21. The molecule has 0 radical (unpaired) electrons. The van der Waals surface area contributed by atoms with Crippen LogP contribution in [0.2, 0.25) is 0 Å². The van der Waals surface area contributed by atoms with Gasteiger partial charge in [-0.2, -0.15) is 0 Å². The van der Waals surface area contributed by atoms with E-state index in [-0.39, 0.29) is 0 Å². The van der Waals surface area contributed by atoms with Gasteiger partial charge in [0, 0.05) is 31.0 Å². The van der Waals surface area contributed by atoms with Crippen molar-refractivity contribution >= 4 is 5.57 Å². The van der Waals surface area contributed by atoms with Crippen molar-refractivity contribution in [2.75, 3.05) is 0 Å². The summed E-state index contributed by atoms with van der Waals surface area (Å²) >= 11 is 0. The fourth-order valence-electron chi connectivity index (χ4n) is 2.56. The quantitative estimate of drug-likeness (QED) is 0.813. The maximum atomic E-state index is 5.93. The molecule has 2 heterocycles. The molecule has 0 fully saturated rings. The monoisotopic (exact) mass is 227 g/mol. The molecule has 1 unspecified atom stereocenters. The highest BCUT2D eigenvalue weighted by molar-refractivity contribution is 5.79. The van der Waals surface area contributed by atoms with E-state index in [4.69, 9.17) is 5.73 Å². The molecule has 0 saturated heterocycles. The van der Waals surface area contributed by atoms with Crippen LogP contribution in [0.4, 0.5) is 0 Å². The second-order valence-corrected chi connectivity index (χ2v) is 4.79. The number of pyridine rings is 1. The van der Waals surface area contributed by atoms with Gasteiger partial charge in [0.15, 0.2) is 0 Å². The van der Waals surface area contributed by atoms with E-state index in [1.54, 1.807) is 0 Å². The van der Waals surface area contributed by atoms with E-state index in [1.165, 1.54) is 16.8 Å². The molecule has 0 aromatic carbocycles. The molecule has 3 rings (SSSR count). The summed E-state index contributed by atoms with van der Waals surface area (Å²) in [4.78, 5) is 4.48. The molecule has 2 N–H and O–H groups in total. The summed E-state index contributed by atoms with van der Waals surface area (Å²) < 4.78 is 2.15. The van der Waals surface area contributed by atoms with E-state index in [0.717, 1.165) is 25.0 Å². The topological polar surface area (TPSA) is 43.8 Å². The molecule has 88 valence electrons. The first kappa shape index (κ1) is 10.5. The number of nitrogens with two attached hydrogens (primary N) is 1. The van der Waals surface area contributed by atoms with Crippen molar-refractivity contribution in [1.82, 2.24) is 9.55 Å². The summed E-state index contributed by atoms with van der Waals surface area (Å²) in [5.74, 6) is 0. The standard InChI is InChI=1S/C14H17N3/c1-17-8-2-3-13-14(17)12(9-16-13)10-4-6-11(15)7-5-10/h2-4,8-9,11H,5-7,15H2,1H3. The highest BCUT2D eigenvalue weighted by Gasteiger charge is 2.19. The Hall–Kier alpha value is -1.61. The first-order valence-corrected chi connectivity index (χ1v) is 6.11. The van der Waals surface area contributed by atoms with Gasteiger partial charge in [-0.15, -0.1) is 0 Å². The lowest BCUT2D eigenvalue weighted by molar-refractivity contribution is 0.614. The van der Waals surface area contributed by atoms with Crippen LogP contribution in [0.15, 0.2) is 30.6 Å². The zero-order valence-corrected chi connectivity index (χ0v) is 10.1. The number of hydrogen-bond acceptors (Lipinski definition) is 2. The molecule has 0 bridgehead atoms. The van der Waals surface area contributed by atoms with E-state index >= 15 is 0 Å². The highest BCUT2D eigenvalue weighted by Crippen LogP contribution is 2.34. The highest BCUT2D eigenvalue weighted by atomic mass is 15.0. The van der Waals surface area contributed by atoms with Crippen LogP contribution >= 0.6 is 0 Å². The summed E-state index contributed by atoms with van der Waals surface area (Å²) in [6.45, 7) is 0. The third kappa shape index (κ3) is 1.76. The molecule has 3 nitrogen and oxygen atoms in total. The number of aryl methyl sites for hydroxylation is 1. The Morgan fingerprint density at radius 2 is 2.35 bits per heavy atom. The number of hydrogen-bond donors (Lipinski definition) is 1. The van der Waals surface area contributed by atoms with Gasteiger partial charge in [-0.05, 0) is 37.0 Å². The van der Waals surface area contributed by atoms with Crippen molar-refractivity contribution in [3.8, 4) is 11.4 Å². The second-order valence-electron chi connectivity index (χ2n) is 4.79. The molecule has 1 atom stereocenters. The molecule has 3 aliphatic rings. The van der Waals surface area contributed by atoms with E-state index < -0.39 is 0 Å². The number of rotatable bonds is 1. The fourth-order valence-corrected chi connectivity index (χ4v) is 2.56. The van der Waals surface area contributed by atoms with Gasteiger partial charge in [0.05, 0.1) is 11.4 Å². The minimum absolute atomic E-state index is 0.335. The number of fused-ring (bicyclic) bond motifs is 1. The Balaban J connectivity index is 2.07. The predicted octanol–water partition coefficient (Wildman–Crippen LogP) is 2.42. The van der Waals surface area contributed by atoms with Crippen LogP contribution in [0.1, 0.15) is 24.8 Å². The van der Waals surface area contributed by atoms with Crippen LogP contribution in [-0.4, -0.2) is 15.6 Å². The normalized spacial score (nSPS) is 20.6. The molecule has 17 heavy (non-hydrogen) atoms. The van der Waals surface area contributed by atoms with E-state index in [2.05, 4.69) is 34.9 Å². The SMILES string of the molecule is Cn1cccc2ncc(C3=CCC(N)CC3)c1-2. The summed E-state index contributed by atoms with van der Waals surface area (Å²) in [5.41, 5.74) is 10.9. The van der Waals surface area contributed by atoms with Crippen LogP contribution in [0, 0.1) is 0 Å². The summed E-state index contributed by atoms with van der Waals surface area (Å²) in [5, 5.41) is 0. The molecule has 3 heteroatoms. The van der Waals surface area contributed by atoms with E-state index in [1.807, 2.05) is 12.3 Å². The Bertz CT molecular complexity index is 539. The zero-order valence-electron chi connectivity index (χ0n) is 10.1. The third-order valence-corrected chi connectivity index (χ3v) is 3.54. The van der Waals surface area contributed by atoms with Gasteiger partial charge in [0.1, 0.15) is 0 Å². The average molecular weight is 227 g/mol. The van der Waals surface area contributed by atoms with Gasteiger partial charge in [-0.25, -0.2) is 0 Å². The van der Waals surface area contributed by atoms with Crippen LogP contribution < -0.4 is 5.73 Å². The molecule has 0 amide bonds. The number of nitrogens with zero attached hydrogens (tertiary/aromatic N) is 2. The molecular formula is C14H17N3. The minimum Gasteiger partial charge on any atom is -0.349 e. The first-order valence-electron chi connectivity index (χ1n) is 6.11. The fraction of sp³-hybridized carbons (Fsp3) is 0.357. The summed E-state index contributed by atoms with van der Waals surface area (Å²) in [7, 11) is 2.07. The number of allylic oxidation sites excluding steroid dienone is 1. The Kier molecular flexibility index (Phi) is 2.48. The smallest absolute Gasteiger partial charge is 0.0873 e. The molecule has 1 aliphatic carbocycles. The molecule has 0 saturated carbocycles. The summed E-state index contributed by atoms with van der Waals surface area (Å²) in [6.07, 6.45) is 9.47. The summed E-state index contributed by atoms with van der Waals surface area (Å²) in [6, 6.07) is 4.43. The van der Waals surface area contributed by atoms with Gasteiger partial charge in [-0.1, -0.05) is 6.08 Å². The predicted molar refractivity (Wildman–Crippen MR) is 69.6 cm³/mol. The van der Waals surface area contributed by atoms with Crippen LogP contribution in [-0.2, 0) is 7.05 Å². The largest absolute Gasteiger partial charge is 0.349 e. The van der Waals surface area contributed by atoms with Crippen molar-refractivity contribution in [3.05, 3.63) is 36.2 Å². The van der Waals surface area contributed by atoms with E-state index in [9.17, 15) is 0 Å². The third-order valence-electron chi connectivity index (χ3n) is 3.54. The minimum atomic E-state index is 0.335. The maximum absolute atomic E-state index is 5.93. The van der Waals surface area contributed by atoms with Crippen molar-refractivity contribution in [2.24, 2.45) is 12.8 Å². The zero-order chi connectivity index (χ0) is 11.8. The van der Waals surface area contributed by atoms with Crippen LogP contribution in [0.25, 0.3) is 17.0 Å². The molecule has 2 aliphatic heterocycles. The molecule has 0 aromatic rings. The van der Waals surface area contributed by atoms with Crippen LogP contribution in [0.3, 0.4) is 0 Å². The van der Waals surface area contributed by atoms with Gasteiger partial charge in [0.2, 0.25) is 0 Å². The maximum Gasteiger partial charge on any atom is 0.0873 e. The number of aromatic nitrogens is 2. The Morgan fingerprint density at radius 1 is 1.47 bits per heavy atom. The van der Waals surface area contributed by atoms with Crippen molar-refractivity contribution in [2.45, 2.75) is 25.3 Å². The molecule has 0 spiro atoms. The molecular weight excluding hydrogens is 210 g/mol. The Morgan fingerprint density at radius 3 is 3.12 bits per heavy atom. The van der Waals surface area contributed by atoms with Crippen molar-refractivity contribution in [3.63, 3.8) is 0 Å². The first-order chi connectivity index (χ1) is 8.25. The second kappa shape index (κ2) is 4.00. The lowest BCUT2D eigenvalue weighted by atomic mass is 9.91.